The van der Waals surface area contributed by atoms with Crippen LogP contribution in [0.2, 0.25) is 0 Å². The third-order valence-corrected chi connectivity index (χ3v) is 3.56. The average Bonchev–Trinajstić information content (AvgIpc) is 2.50. The molecule has 0 bridgehead atoms. The number of hydrogen-bond donors (Lipinski definition) is 0. The second-order valence-electron chi connectivity index (χ2n) is 5.05. The van der Waals surface area contributed by atoms with Gasteiger partial charge in [-0.15, -0.1) is 0 Å². The fraction of sp³-hybridized carbons (Fsp3) is 0.118. The smallest absolute Gasteiger partial charge is 0.251 e. The van der Waals surface area contributed by atoms with Crippen molar-refractivity contribution in [2.24, 2.45) is 7.05 Å². The highest BCUT2D eigenvalue weighted by Crippen LogP contribution is 2.26. The van der Waals surface area contributed by atoms with Crippen LogP contribution in [-0.2, 0) is 7.05 Å². The molecule has 0 saturated carbocycles. The number of nitrogens with zero attached hydrogens (tertiary/aromatic N) is 2. The molecule has 0 aliphatic rings. The SMILES string of the molecule is Cc1cccc(-c2cc(=O)n(C)c3ccc(C=O)nc23)c1. The summed E-state index contributed by atoms with van der Waals surface area (Å²) in [5.41, 5.74) is 4.41. The molecule has 104 valence electrons. The Labute approximate surface area is 121 Å². The molecule has 4 heteroatoms. The zero-order valence-electron chi connectivity index (χ0n) is 11.8. The summed E-state index contributed by atoms with van der Waals surface area (Å²) < 4.78 is 1.54. The van der Waals surface area contributed by atoms with Gasteiger partial charge in [-0.05, 0) is 24.6 Å². The Morgan fingerprint density at radius 1 is 1.14 bits per heavy atom. The predicted octanol–water partition coefficient (Wildman–Crippen LogP) is 2.72. The van der Waals surface area contributed by atoms with Gasteiger partial charge in [0, 0.05) is 18.7 Å². The summed E-state index contributed by atoms with van der Waals surface area (Å²) in [4.78, 5) is 27.5. The van der Waals surface area contributed by atoms with E-state index in [2.05, 4.69) is 4.98 Å². The largest absolute Gasteiger partial charge is 0.310 e. The summed E-state index contributed by atoms with van der Waals surface area (Å²) in [7, 11) is 1.70. The number of carbonyl (C=O) groups excluding carboxylic acids is 1. The van der Waals surface area contributed by atoms with Gasteiger partial charge >= 0.3 is 0 Å². The summed E-state index contributed by atoms with van der Waals surface area (Å²) in [5.74, 6) is 0. The van der Waals surface area contributed by atoms with Crippen molar-refractivity contribution >= 4 is 17.3 Å². The van der Waals surface area contributed by atoms with Crippen molar-refractivity contribution in [2.45, 2.75) is 6.92 Å². The van der Waals surface area contributed by atoms with Crippen LogP contribution >= 0.6 is 0 Å². The molecular formula is C17H14N2O2. The topological polar surface area (TPSA) is 52.0 Å². The maximum absolute atomic E-state index is 12.1. The first-order chi connectivity index (χ1) is 10.1. The standard InChI is InChI=1S/C17H14N2O2/c1-11-4-3-5-12(8-11)14-9-16(21)19(2)15-7-6-13(10-20)18-17(14)15/h3-10H,1-2H3. The quantitative estimate of drug-likeness (QED) is 0.677. The van der Waals surface area contributed by atoms with Crippen LogP contribution in [0.3, 0.4) is 0 Å². The molecule has 0 unspecified atom stereocenters. The van der Waals surface area contributed by atoms with E-state index in [4.69, 9.17) is 0 Å². The van der Waals surface area contributed by atoms with E-state index in [1.165, 1.54) is 4.57 Å². The van der Waals surface area contributed by atoms with Crippen LogP contribution in [0.1, 0.15) is 16.1 Å². The molecule has 0 spiro atoms. The molecule has 0 amide bonds. The minimum absolute atomic E-state index is 0.0975. The van der Waals surface area contributed by atoms with Gasteiger partial charge in [-0.2, -0.15) is 0 Å². The highest BCUT2D eigenvalue weighted by molar-refractivity contribution is 5.93. The van der Waals surface area contributed by atoms with Crippen LogP contribution in [0.5, 0.6) is 0 Å². The van der Waals surface area contributed by atoms with Crippen LogP contribution in [-0.4, -0.2) is 15.8 Å². The van der Waals surface area contributed by atoms with Crippen LogP contribution in [0.15, 0.2) is 47.3 Å². The van der Waals surface area contributed by atoms with Crippen molar-refractivity contribution in [3.05, 3.63) is 64.1 Å². The number of pyridine rings is 2. The zero-order chi connectivity index (χ0) is 15.0. The monoisotopic (exact) mass is 278 g/mol. The number of carbonyl (C=O) groups is 1. The van der Waals surface area contributed by atoms with Crippen molar-refractivity contribution in [1.82, 2.24) is 9.55 Å². The minimum atomic E-state index is -0.0975. The van der Waals surface area contributed by atoms with Crippen LogP contribution in [0.25, 0.3) is 22.2 Å². The number of rotatable bonds is 2. The van der Waals surface area contributed by atoms with Gasteiger partial charge in [0.1, 0.15) is 5.69 Å². The van der Waals surface area contributed by atoms with E-state index in [0.717, 1.165) is 16.7 Å². The first-order valence-corrected chi connectivity index (χ1v) is 6.63. The van der Waals surface area contributed by atoms with Crippen LogP contribution in [0.4, 0.5) is 0 Å². The van der Waals surface area contributed by atoms with Crippen molar-refractivity contribution in [2.75, 3.05) is 0 Å². The Kier molecular flexibility index (Phi) is 3.14. The highest BCUT2D eigenvalue weighted by Gasteiger charge is 2.11. The number of fused-ring (bicyclic) bond motifs is 1. The lowest BCUT2D eigenvalue weighted by Gasteiger charge is -2.10. The molecule has 0 N–H and O–H groups in total. The van der Waals surface area contributed by atoms with Gasteiger partial charge in [0.2, 0.25) is 0 Å². The van der Waals surface area contributed by atoms with Gasteiger partial charge in [-0.25, -0.2) is 4.98 Å². The molecule has 0 saturated heterocycles. The van der Waals surface area contributed by atoms with Gasteiger partial charge in [0.25, 0.3) is 5.56 Å². The summed E-state index contributed by atoms with van der Waals surface area (Å²) in [6, 6.07) is 12.8. The van der Waals surface area contributed by atoms with E-state index in [1.54, 1.807) is 25.2 Å². The number of aromatic nitrogens is 2. The summed E-state index contributed by atoms with van der Waals surface area (Å²) >= 11 is 0. The highest BCUT2D eigenvalue weighted by atomic mass is 16.1. The van der Waals surface area contributed by atoms with E-state index in [1.807, 2.05) is 31.2 Å². The molecule has 0 radical (unpaired) electrons. The molecule has 2 heterocycles. The molecule has 3 aromatic rings. The molecule has 3 rings (SSSR count). The van der Waals surface area contributed by atoms with Gasteiger partial charge in [0.15, 0.2) is 6.29 Å². The van der Waals surface area contributed by atoms with E-state index < -0.39 is 0 Å². The Bertz CT molecular complexity index is 910. The molecular weight excluding hydrogens is 264 g/mol. The first kappa shape index (κ1) is 13.2. The molecule has 4 nitrogen and oxygen atoms in total. The molecule has 0 aliphatic heterocycles. The van der Waals surface area contributed by atoms with Gasteiger partial charge in [0.05, 0.1) is 11.0 Å². The van der Waals surface area contributed by atoms with Crippen LogP contribution < -0.4 is 5.56 Å². The Hall–Kier alpha value is -2.75. The van der Waals surface area contributed by atoms with E-state index in [0.29, 0.717) is 23.0 Å². The van der Waals surface area contributed by atoms with Crippen molar-refractivity contribution < 1.29 is 4.79 Å². The number of aryl methyl sites for hydroxylation is 2. The zero-order valence-corrected chi connectivity index (χ0v) is 11.8. The molecule has 0 atom stereocenters. The first-order valence-electron chi connectivity index (χ1n) is 6.63. The molecule has 1 aromatic carbocycles. The molecule has 0 fully saturated rings. The summed E-state index contributed by atoms with van der Waals surface area (Å²) in [6.07, 6.45) is 0.713. The lowest BCUT2D eigenvalue weighted by atomic mass is 10.0. The fourth-order valence-electron chi connectivity index (χ4n) is 2.44. The lowest BCUT2D eigenvalue weighted by Crippen LogP contribution is -2.17. The Morgan fingerprint density at radius 2 is 1.95 bits per heavy atom. The Balaban J connectivity index is 2.43. The average molecular weight is 278 g/mol. The summed E-state index contributed by atoms with van der Waals surface area (Å²) in [5, 5.41) is 0. The Morgan fingerprint density at radius 3 is 2.67 bits per heavy atom. The molecule has 0 aliphatic carbocycles. The van der Waals surface area contributed by atoms with Gasteiger partial charge in [-0.1, -0.05) is 29.8 Å². The third kappa shape index (κ3) is 2.25. The second-order valence-corrected chi connectivity index (χ2v) is 5.05. The predicted molar refractivity (Wildman–Crippen MR) is 82.5 cm³/mol. The number of benzene rings is 1. The lowest BCUT2D eigenvalue weighted by molar-refractivity contribution is 0.111. The number of aldehydes is 1. The van der Waals surface area contributed by atoms with E-state index in [9.17, 15) is 9.59 Å². The van der Waals surface area contributed by atoms with Crippen molar-refractivity contribution in [1.29, 1.82) is 0 Å². The van der Waals surface area contributed by atoms with Crippen LogP contribution in [0, 0.1) is 6.92 Å². The third-order valence-electron chi connectivity index (χ3n) is 3.56. The van der Waals surface area contributed by atoms with Crippen molar-refractivity contribution in [3.8, 4) is 11.1 Å². The summed E-state index contributed by atoms with van der Waals surface area (Å²) in [6.45, 7) is 2.00. The van der Waals surface area contributed by atoms with E-state index >= 15 is 0 Å². The fourth-order valence-corrected chi connectivity index (χ4v) is 2.44. The normalized spacial score (nSPS) is 10.8. The van der Waals surface area contributed by atoms with Crippen molar-refractivity contribution in [3.63, 3.8) is 0 Å². The second kappa shape index (κ2) is 4.98. The van der Waals surface area contributed by atoms with Gasteiger partial charge < -0.3 is 4.57 Å². The molecule has 2 aromatic heterocycles. The molecule has 21 heavy (non-hydrogen) atoms. The number of hydrogen-bond acceptors (Lipinski definition) is 3. The maximum Gasteiger partial charge on any atom is 0.251 e. The van der Waals surface area contributed by atoms with Gasteiger partial charge in [-0.3, -0.25) is 9.59 Å². The minimum Gasteiger partial charge on any atom is -0.310 e. The van der Waals surface area contributed by atoms with E-state index in [-0.39, 0.29) is 5.56 Å². The maximum atomic E-state index is 12.1.